The molecule has 0 atom stereocenters. The number of benzene rings is 1. The summed E-state index contributed by atoms with van der Waals surface area (Å²) in [7, 11) is 0. The molecule has 1 aliphatic rings. The molecule has 0 aliphatic carbocycles. The van der Waals surface area contributed by atoms with Crippen LogP contribution < -0.4 is 20.9 Å². The van der Waals surface area contributed by atoms with E-state index >= 15 is 0 Å². The normalized spacial score (nSPS) is 16.3. The molecular formula is C12H16N2O5. The third-order valence-electron chi connectivity index (χ3n) is 2.20. The molecular weight excluding hydrogens is 252 g/mol. The predicted octanol–water partition coefficient (Wildman–Crippen LogP) is 0.647. The molecule has 0 saturated carbocycles. The molecule has 1 aliphatic heterocycles. The second-order valence-corrected chi connectivity index (χ2v) is 5.25. The van der Waals surface area contributed by atoms with Gasteiger partial charge < -0.3 is 19.3 Å². The van der Waals surface area contributed by atoms with Crippen LogP contribution in [0.25, 0.3) is 0 Å². The number of phenolic OH excluding ortho intramolecular Hbond substituents is 1. The average molecular weight is 268 g/mol. The molecule has 2 rings (SSSR count). The van der Waals surface area contributed by atoms with E-state index in [2.05, 4.69) is 0 Å². The van der Waals surface area contributed by atoms with Crippen molar-refractivity contribution in [3.8, 4) is 17.2 Å². The zero-order chi connectivity index (χ0) is 14.4. The Bertz CT molecular complexity index is 534. The zero-order valence-electron chi connectivity index (χ0n) is 10.9. The molecule has 0 aromatic heterocycles. The first kappa shape index (κ1) is 13.4. The zero-order valence-corrected chi connectivity index (χ0v) is 10.9. The second-order valence-electron chi connectivity index (χ2n) is 5.25. The number of hydrogen-bond acceptors (Lipinski definition) is 7. The summed E-state index contributed by atoms with van der Waals surface area (Å²) < 4.78 is 15.2. The van der Waals surface area contributed by atoms with E-state index in [-0.39, 0.29) is 22.8 Å². The molecule has 0 fully saturated rings. The van der Waals surface area contributed by atoms with Gasteiger partial charge in [0.2, 0.25) is 5.75 Å². The summed E-state index contributed by atoms with van der Waals surface area (Å²) in [5.74, 6) is -0.806. The standard InChI is InChI=1S/C12H16N2O5/c1-11(2,3)19-10(16)6-4-7(15)9-8(5-6)17-12(13,14)18-9/h4-5,15H,13-14H2,1-3H3. The molecule has 0 saturated heterocycles. The van der Waals surface area contributed by atoms with E-state index < -0.39 is 17.6 Å². The molecule has 0 spiro atoms. The highest BCUT2D eigenvalue weighted by Crippen LogP contribution is 2.44. The number of carbonyl (C=O) groups excluding carboxylic acids is 1. The highest BCUT2D eigenvalue weighted by atomic mass is 16.8. The van der Waals surface area contributed by atoms with Crippen molar-refractivity contribution in [1.82, 2.24) is 0 Å². The van der Waals surface area contributed by atoms with Crippen LogP contribution in [-0.4, -0.2) is 22.7 Å². The van der Waals surface area contributed by atoms with Gasteiger partial charge >= 0.3 is 12.0 Å². The first-order valence-corrected chi connectivity index (χ1v) is 5.63. The van der Waals surface area contributed by atoms with Crippen LogP contribution in [0.4, 0.5) is 0 Å². The van der Waals surface area contributed by atoms with Gasteiger partial charge in [-0.1, -0.05) is 0 Å². The molecule has 7 nitrogen and oxygen atoms in total. The molecule has 1 aromatic carbocycles. The maximum absolute atomic E-state index is 11.9. The summed E-state index contributed by atoms with van der Waals surface area (Å²) in [5, 5.41) is 9.77. The van der Waals surface area contributed by atoms with Crippen LogP contribution in [0.15, 0.2) is 12.1 Å². The number of nitrogens with two attached hydrogens (primary N) is 2. The molecule has 0 amide bonds. The van der Waals surface area contributed by atoms with Crippen LogP contribution in [-0.2, 0) is 4.74 Å². The minimum atomic E-state index is -1.85. The van der Waals surface area contributed by atoms with E-state index in [1.165, 1.54) is 12.1 Å². The molecule has 0 bridgehead atoms. The maximum Gasteiger partial charge on any atom is 0.376 e. The molecule has 1 heterocycles. The van der Waals surface area contributed by atoms with E-state index in [1.807, 2.05) is 0 Å². The van der Waals surface area contributed by atoms with Crippen LogP contribution >= 0.6 is 0 Å². The quantitative estimate of drug-likeness (QED) is 0.505. The van der Waals surface area contributed by atoms with Crippen LogP contribution in [0.5, 0.6) is 17.2 Å². The number of rotatable bonds is 1. The van der Waals surface area contributed by atoms with E-state index in [0.717, 1.165) is 0 Å². The molecule has 104 valence electrons. The van der Waals surface area contributed by atoms with Crippen molar-refractivity contribution >= 4 is 5.97 Å². The lowest BCUT2D eigenvalue weighted by Crippen LogP contribution is -2.56. The first-order chi connectivity index (χ1) is 8.57. The van der Waals surface area contributed by atoms with Crippen LogP contribution in [0.2, 0.25) is 0 Å². The summed E-state index contributed by atoms with van der Waals surface area (Å²) in [6, 6.07) is 0.703. The van der Waals surface area contributed by atoms with E-state index in [9.17, 15) is 9.90 Å². The Kier molecular flexibility index (Phi) is 2.83. The Hall–Kier alpha value is -1.99. The Morgan fingerprint density at radius 2 is 1.95 bits per heavy atom. The van der Waals surface area contributed by atoms with Crippen molar-refractivity contribution in [3.05, 3.63) is 17.7 Å². The molecule has 0 radical (unpaired) electrons. The molecule has 1 aromatic rings. The predicted molar refractivity (Wildman–Crippen MR) is 65.6 cm³/mol. The Balaban J connectivity index is 2.32. The fourth-order valence-electron chi connectivity index (χ4n) is 1.57. The van der Waals surface area contributed by atoms with Gasteiger partial charge in [0.1, 0.15) is 5.60 Å². The summed E-state index contributed by atoms with van der Waals surface area (Å²) >= 11 is 0. The number of esters is 1. The number of phenols is 1. The Morgan fingerprint density at radius 3 is 2.53 bits per heavy atom. The number of hydrogen-bond donors (Lipinski definition) is 3. The minimum absolute atomic E-state index is 0.00249. The third-order valence-corrected chi connectivity index (χ3v) is 2.20. The van der Waals surface area contributed by atoms with Crippen LogP contribution in [0, 0.1) is 0 Å². The smallest absolute Gasteiger partial charge is 0.376 e. The maximum atomic E-state index is 11.9. The van der Waals surface area contributed by atoms with Crippen molar-refractivity contribution in [3.63, 3.8) is 0 Å². The third kappa shape index (κ3) is 2.88. The van der Waals surface area contributed by atoms with E-state index in [4.69, 9.17) is 25.7 Å². The van der Waals surface area contributed by atoms with E-state index in [0.29, 0.717) is 0 Å². The first-order valence-electron chi connectivity index (χ1n) is 5.63. The lowest BCUT2D eigenvalue weighted by atomic mass is 10.1. The van der Waals surface area contributed by atoms with Gasteiger partial charge in [-0.25, -0.2) is 16.3 Å². The SMILES string of the molecule is CC(C)(C)OC(=O)c1cc(O)c2c(c1)OC(N)(N)O2. The van der Waals surface area contributed by atoms with E-state index in [1.54, 1.807) is 20.8 Å². The summed E-state index contributed by atoms with van der Waals surface area (Å²) in [4.78, 5) is 11.9. The molecule has 19 heavy (non-hydrogen) atoms. The molecule has 0 unspecified atom stereocenters. The number of ether oxygens (including phenoxy) is 3. The topological polar surface area (TPSA) is 117 Å². The molecule has 7 heteroatoms. The average Bonchev–Trinajstić information content (AvgIpc) is 2.50. The Labute approximate surface area is 110 Å². The van der Waals surface area contributed by atoms with Crippen molar-refractivity contribution in [1.29, 1.82) is 0 Å². The lowest BCUT2D eigenvalue weighted by Gasteiger charge is -2.19. The lowest BCUT2D eigenvalue weighted by molar-refractivity contribution is -0.0679. The van der Waals surface area contributed by atoms with Crippen LogP contribution in [0.3, 0.4) is 0 Å². The fraction of sp³-hybridized carbons (Fsp3) is 0.417. The highest BCUT2D eigenvalue weighted by Gasteiger charge is 2.37. The van der Waals surface area contributed by atoms with Crippen LogP contribution in [0.1, 0.15) is 31.1 Å². The van der Waals surface area contributed by atoms with Gasteiger partial charge in [-0.05, 0) is 32.9 Å². The number of fused-ring (bicyclic) bond motifs is 1. The second kappa shape index (κ2) is 4.01. The highest BCUT2D eigenvalue weighted by molar-refractivity contribution is 5.91. The fourth-order valence-corrected chi connectivity index (χ4v) is 1.57. The van der Waals surface area contributed by atoms with Crippen molar-refractivity contribution in [2.75, 3.05) is 0 Å². The monoisotopic (exact) mass is 268 g/mol. The van der Waals surface area contributed by atoms with Crippen molar-refractivity contribution < 1.29 is 24.1 Å². The van der Waals surface area contributed by atoms with Crippen molar-refractivity contribution in [2.24, 2.45) is 11.5 Å². The van der Waals surface area contributed by atoms with Gasteiger partial charge in [0.15, 0.2) is 11.5 Å². The number of carbonyl (C=O) groups is 1. The van der Waals surface area contributed by atoms with Gasteiger partial charge in [-0.2, -0.15) is 0 Å². The van der Waals surface area contributed by atoms with Gasteiger partial charge in [-0.3, -0.25) is 0 Å². The Morgan fingerprint density at radius 1 is 1.32 bits per heavy atom. The van der Waals surface area contributed by atoms with Gasteiger partial charge in [0, 0.05) is 0 Å². The summed E-state index contributed by atoms with van der Waals surface area (Å²) in [6.45, 7) is 5.22. The van der Waals surface area contributed by atoms with Gasteiger partial charge in [0.25, 0.3) is 0 Å². The van der Waals surface area contributed by atoms with Crippen molar-refractivity contribution in [2.45, 2.75) is 32.4 Å². The largest absolute Gasteiger partial charge is 0.504 e. The molecule has 5 N–H and O–H groups in total. The van der Waals surface area contributed by atoms with Gasteiger partial charge in [-0.15, -0.1) is 0 Å². The summed E-state index contributed by atoms with van der Waals surface area (Å²) in [5.41, 5.74) is 10.3. The summed E-state index contributed by atoms with van der Waals surface area (Å²) in [6.07, 6.45) is 0. The van der Waals surface area contributed by atoms with Gasteiger partial charge in [0.05, 0.1) is 5.56 Å². The number of aromatic hydroxyl groups is 1. The minimum Gasteiger partial charge on any atom is -0.504 e.